The second-order valence-electron chi connectivity index (χ2n) is 7.38. The number of carbonyl (C=O) groups is 3. The maximum atomic E-state index is 12.9. The molecule has 0 aliphatic carbocycles. The van der Waals surface area contributed by atoms with Gasteiger partial charge in [0.15, 0.2) is 0 Å². The summed E-state index contributed by atoms with van der Waals surface area (Å²) in [6.45, 7) is 1.43. The summed E-state index contributed by atoms with van der Waals surface area (Å²) in [7, 11) is 0. The molecule has 4 rings (SSSR count). The van der Waals surface area contributed by atoms with Crippen molar-refractivity contribution >= 4 is 46.5 Å². The van der Waals surface area contributed by atoms with E-state index in [2.05, 4.69) is 10.6 Å². The van der Waals surface area contributed by atoms with Crippen LogP contribution in [0.1, 0.15) is 6.42 Å². The summed E-state index contributed by atoms with van der Waals surface area (Å²) in [5.41, 5.74) is 1.88. The van der Waals surface area contributed by atoms with Crippen molar-refractivity contribution < 1.29 is 23.9 Å². The first-order chi connectivity index (χ1) is 15.5. The van der Waals surface area contributed by atoms with Gasteiger partial charge in [0.05, 0.1) is 13.2 Å². The van der Waals surface area contributed by atoms with Gasteiger partial charge in [0.2, 0.25) is 5.91 Å². The number of anilines is 3. The van der Waals surface area contributed by atoms with Gasteiger partial charge in [0.25, 0.3) is 5.91 Å². The molecular formula is C22H23ClN4O5. The van der Waals surface area contributed by atoms with Crippen molar-refractivity contribution in [3.63, 3.8) is 0 Å². The van der Waals surface area contributed by atoms with Crippen LogP contribution in [0.15, 0.2) is 48.5 Å². The van der Waals surface area contributed by atoms with Crippen LogP contribution in [0.5, 0.6) is 0 Å². The minimum atomic E-state index is -0.684. The zero-order valence-corrected chi connectivity index (χ0v) is 18.0. The van der Waals surface area contributed by atoms with E-state index in [4.69, 9.17) is 21.1 Å². The Bertz CT molecular complexity index is 983. The fraction of sp³-hybridized carbons (Fsp3) is 0.318. The topological polar surface area (TPSA) is 100 Å². The number of hydrogen-bond donors (Lipinski definition) is 2. The molecule has 4 amide bonds. The molecule has 2 aromatic carbocycles. The smallest absolute Gasteiger partial charge is 0.324 e. The van der Waals surface area contributed by atoms with Crippen molar-refractivity contribution in [1.82, 2.24) is 4.90 Å². The van der Waals surface area contributed by atoms with Crippen molar-refractivity contribution in [3.05, 3.63) is 53.6 Å². The third-order valence-corrected chi connectivity index (χ3v) is 5.49. The molecule has 32 heavy (non-hydrogen) atoms. The second-order valence-corrected chi connectivity index (χ2v) is 7.82. The minimum absolute atomic E-state index is 0.00951. The van der Waals surface area contributed by atoms with Crippen molar-refractivity contribution in [3.8, 4) is 0 Å². The van der Waals surface area contributed by atoms with Crippen LogP contribution in [0.25, 0.3) is 0 Å². The number of rotatable bonds is 4. The number of carbonyl (C=O) groups excluding carboxylic acids is 3. The highest BCUT2D eigenvalue weighted by Gasteiger charge is 2.33. The number of morpholine rings is 1. The van der Waals surface area contributed by atoms with Gasteiger partial charge in [-0.05, 0) is 48.5 Å². The maximum absolute atomic E-state index is 12.9. The number of halogens is 1. The predicted molar refractivity (Wildman–Crippen MR) is 120 cm³/mol. The van der Waals surface area contributed by atoms with E-state index in [1.807, 2.05) is 0 Å². The summed E-state index contributed by atoms with van der Waals surface area (Å²) in [6.07, 6.45) is 0.375. The van der Waals surface area contributed by atoms with Gasteiger partial charge in [-0.15, -0.1) is 0 Å². The lowest BCUT2D eigenvalue weighted by atomic mass is 10.1. The Morgan fingerprint density at radius 2 is 1.62 bits per heavy atom. The van der Waals surface area contributed by atoms with Crippen LogP contribution in [0, 0.1) is 0 Å². The fourth-order valence-corrected chi connectivity index (χ4v) is 3.67. The highest BCUT2D eigenvalue weighted by molar-refractivity contribution is 6.30. The van der Waals surface area contributed by atoms with Gasteiger partial charge in [-0.2, -0.15) is 0 Å². The summed E-state index contributed by atoms with van der Waals surface area (Å²) in [5.74, 6) is -0.410. The minimum Gasteiger partial charge on any atom is -0.370 e. The Morgan fingerprint density at radius 1 is 0.938 bits per heavy atom. The first-order valence-corrected chi connectivity index (χ1v) is 10.6. The Labute approximate surface area is 190 Å². The maximum Gasteiger partial charge on any atom is 0.324 e. The molecule has 2 aromatic rings. The summed E-state index contributed by atoms with van der Waals surface area (Å²) in [6, 6.07) is 12.6. The number of hydrogen-bond acceptors (Lipinski definition) is 5. The normalized spacial score (nSPS) is 18.9. The van der Waals surface area contributed by atoms with Gasteiger partial charge < -0.3 is 25.0 Å². The molecule has 0 radical (unpaired) electrons. The third-order valence-electron chi connectivity index (χ3n) is 5.23. The monoisotopic (exact) mass is 458 g/mol. The molecule has 168 valence electrons. The molecule has 1 unspecified atom stereocenters. The van der Waals surface area contributed by atoms with Crippen LogP contribution in [0.2, 0.25) is 5.02 Å². The van der Waals surface area contributed by atoms with E-state index in [9.17, 15) is 14.4 Å². The quantitative estimate of drug-likeness (QED) is 0.733. The zero-order valence-electron chi connectivity index (χ0n) is 17.3. The summed E-state index contributed by atoms with van der Waals surface area (Å²) >= 11 is 5.88. The third kappa shape index (κ3) is 5.18. The molecule has 2 heterocycles. The molecule has 0 bridgehead atoms. The summed E-state index contributed by atoms with van der Waals surface area (Å²) in [5, 5.41) is 6.16. The first-order valence-electron chi connectivity index (χ1n) is 10.2. The average molecular weight is 459 g/mol. The SMILES string of the molecule is O=C(Nc1ccc(N2CCOCC2=O)cc1)C1CCOCN1C(=O)Nc1ccc(Cl)cc1. The first kappa shape index (κ1) is 22.1. The van der Waals surface area contributed by atoms with Crippen LogP contribution in [-0.4, -0.2) is 61.9 Å². The van der Waals surface area contributed by atoms with Gasteiger partial charge in [-0.3, -0.25) is 14.5 Å². The van der Waals surface area contributed by atoms with Gasteiger partial charge in [-0.1, -0.05) is 11.6 Å². The Hall–Kier alpha value is -3.14. The molecular weight excluding hydrogens is 436 g/mol. The fourth-order valence-electron chi connectivity index (χ4n) is 3.55. The van der Waals surface area contributed by atoms with Crippen molar-refractivity contribution in [2.75, 3.05) is 48.6 Å². The van der Waals surface area contributed by atoms with E-state index in [0.29, 0.717) is 42.6 Å². The van der Waals surface area contributed by atoms with E-state index in [0.717, 1.165) is 5.69 Å². The van der Waals surface area contributed by atoms with E-state index in [1.165, 1.54) is 4.90 Å². The van der Waals surface area contributed by atoms with Crippen molar-refractivity contribution in [2.45, 2.75) is 12.5 Å². The highest BCUT2D eigenvalue weighted by atomic mass is 35.5. The Morgan fingerprint density at radius 3 is 2.34 bits per heavy atom. The molecule has 2 fully saturated rings. The molecule has 2 aliphatic rings. The van der Waals surface area contributed by atoms with Gasteiger partial charge >= 0.3 is 6.03 Å². The van der Waals surface area contributed by atoms with E-state index in [-0.39, 0.29) is 25.2 Å². The number of amides is 4. The molecule has 0 aromatic heterocycles. The average Bonchev–Trinajstić information content (AvgIpc) is 2.81. The second kappa shape index (κ2) is 9.99. The van der Waals surface area contributed by atoms with Crippen molar-refractivity contribution in [1.29, 1.82) is 0 Å². The van der Waals surface area contributed by atoms with Crippen LogP contribution in [0.4, 0.5) is 21.9 Å². The van der Waals surface area contributed by atoms with Gasteiger partial charge in [-0.25, -0.2) is 4.79 Å². The number of urea groups is 1. The van der Waals surface area contributed by atoms with E-state index >= 15 is 0 Å². The zero-order chi connectivity index (χ0) is 22.5. The van der Waals surface area contributed by atoms with E-state index in [1.54, 1.807) is 53.4 Å². The molecule has 0 spiro atoms. The standard InChI is InChI=1S/C22H23ClN4O5/c23-15-1-3-17(4-2-15)25-22(30)27-14-32-11-9-19(27)21(29)24-16-5-7-18(8-6-16)26-10-12-31-13-20(26)28/h1-8,19H,9-14H2,(H,24,29)(H,25,30). The molecule has 1 atom stereocenters. The molecule has 2 aliphatic heterocycles. The lowest BCUT2D eigenvalue weighted by Crippen LogP contribution is -2.53. The Kier molecular flexibility index (Phi) is 6.89. The lowest BCUT2D eigenvalue weighted by molar-refractivity contribution is -0.126. The largest absolute Gasteiger partial charge is 0.370 e. The molecule has 2 N–H and O–H groups in total. The number of ether oxygens (including phenoxy) is 2. The van der Waals surface area contributed by atoms with Crippen LogP contribution < -0.4 is 15.5 Å². The molecule has 2 saturated heterocycles. The molecule has 10 heteroatoms. The summed E-state index contributed by atoms with van der Waals surface area (Å²) < 4.78 is 10.5. The number of benzene rings is 2. The number of nitrogens with one attached hydrogen (secondary N) is 2. The lowest BCUT2D eigenvalue weighted by Gasteiger charge is -2.34. The highest BCUT2D eigenvalue weighted by Crippen LogP contribution is 2.22. The van der Waals surface area contributed by atoms with Gasteiger partial charge in [0, 0.05) is 35.1 Å². The number of nitrogens with zero attached hydrogens (tertiary/aromatic N) is 2. The molecule has 9 nitrogen and oxygen atoms in total. The predicted octanol–water partition coefficient (Wildman–Crippen LogP) is 2.92. The van der Waals surface area contributed by atoms with Gasteiger partial charge in [0.1, 0.15) is 19.4 Å². The Balaban J connectivity index is 1.40. The summed E-state index contributed by atoms with van der Waals surface area (Å²) in [4.78, 5) is 40.7. The van der Waals surface area contributed by atoms with Crippen LogP contribution in [-0.2, 0) is 19.1 Å². The van der Waals surface area contributed by atoms with Crippen molar-refractivity contribution in [2.24, 2.45) is 0 Å². The van der Waals surface area contributed by atoms with Crippen LogP contribution in [0.3, 0.4) is 0 Å². The molecule has 0 saturated carbocycles. The van der Waals surface area contributed by atoms with E-state index < -0.39 is 12.1 Å². The van der Waals surface area contributed by atoms with Crippen LogP contribution >= 0.6 is 11.6 Å².